The Morgan fingerprint density at radius 3 is 2.62 bits per heavy atom. The highest BCUT2D eigenvalue weighted by atomic mass is 16.5. The highest BCUT2D eigenvalue weighted by molar-refractivity contribution is 6.04. The van der Waals surface area contributed by atoms with Crippen molar-refractivity contribution in [2.24, 2.45) is 5.10 Å². The zero-order valence-corrected chi connectivity index (χ0v) is 13.2. The van der Waals surface area contributed by atoms with Crippen LogP contribution in [-0.2, 0) is 0 Å². The molecule has 21 heavy (non-hydrogen) atoms. The second-order valence-electron chi connectivity index (χ2n) is 5.18. The highest BCUT2D eigenvalue weighted by Gasteiger charge is 2.29. The number of carbonyl (C=O) groups excluding carboxylic acids is 1. The topological polar surface area (TPSA) is 53.9 Å². The zero-order valence-electron chi connectivity index (χ0n) is 13.2. The molecule has 1 aromatic rings. The van der Waals surface area contributed by atoms with Crippen molar-refractivity contribution in [3.63, 3.8) is 0 Å². The largest absolute Gasteiger partial charge is 0.497 e. The fourth-order valence-electron chi connectivity index (χ4n) is 2.21. The monoisotopic (exact) mass is 287 g/mol. The van der Waals surface area contributed by atoms with Gasteiger partial charge >= 0.3 is 6.03 Å². The number of carbonyl (C=O) groups is 1. The summed E-state index contributed by atoms with van der Waals surface area (Å²) in [7, 11) is 1.63. The number of allylic oxidation sites excluding steroid dienone is 1. The number of amides is 2. The number of benzene rings is 1. The van der Waals surface area contributed by atoms with Crippen molar-refractivity contribution in [1.29, 1.82) is 0 Å². The van der Waals surface area contributed by atoms with Crippen LogP contribution in [0.2, 0.25) is 0 Å². The lowest BCUT2D eigenvalue weighted by Crippen LogP contribution is -2.35. The molecule has 0 aromatic heterocycles. The number of ether oxygens (including phenoxy) is 1. The Morgan fingerprint density at radius 1 is 1.33 bits per heavy atom. The van der Waals surface area contributed by atoms with E-state index in [2.05, 4.69) is 17.3 Å². The van der Waals surface area contributed by atoms with Gasteiger partial charge in [0.15, 0.2) is 0 Å². The van der Waals surface area contributed by atoms with Gasteiger partial charge in [0.25, 0.3) is 0 Å². The second-order valence-corrected chi connectivity index (χ2v) is 5.18. The van der Waals surface area contributed by atoms with Crippen LogP contribution in [0, 0.1) is 0 Å². The molecule has 1 N–H and O–H groups in total. The summed E-state index contributed by atoms with van der Waals surface area (Å²) < 4.78 is 5.30. The number of hydrogen-bond donors (Lipinski definition) is 1. The molecule has 0 spiro atoms. The summed E-state index contributed by atoms with van der Waals surface area (Å²) in [5.41, 5.74) is 4.46. The first-order valence-corrected chi connectivity index (χ1v) is 6.99. The molecule has 5 heteroatoms. The van der Waals surface area contributed by atoms with Gasteiger partial charge in [0, 0.05) is 11.3 Å². The molecule has 112 valence electrons. The third-order valence-corrected chi connectivity index (χ3v) is 3.36. The summed E-state index contributed by atoms with van der Waals surface area (Å²) in [6.07, 6.45) is 0.841. The maximum absolute atomic E-state index is 12.3. The van der Waals surface area contributed by atoms with Gasteiger partial charge in [-0.15, -0.1) is 0 Å². The van der Waals surface area contributed by atoms with E-state index in [9.17, 15) is 4.79 Å². The third-order valence-electron chi connectivity index (χ3n) is 3.36. The predicted octanol–water partition coefficient (Wildman–Crippen LogP) is 4.08. The van der Waals surface area contributed by atoms with Gasteiger partial charge in [-0.1, -0.05) is 6.92 Å². The van der Waals surface area contributed by atoms with Gasteiger partial charge in [-0.05, 0) is 51.0 Å². The molecule has 1 aliphatic heterocycles. The normalized spacial score (nSPS) is 16.0. The Labute approximate surface area is 125 Å². The quantitative estimate of drug-likeness (QED) is 0.852. The lowest BCUT2D eigenvalue weighted by Gasteiger charge is -2.30. The smallest absolute Gasteiger partial charge is 0.347 e. The van der Waals surface area contributed by atoms with E-state index in [4.69, 9.17) is 4.74 Å². The van der Waals surface area contributed by atoms with Crippen molar-refractivity contribution in [2.75, 3.05) is 12.4 Å². The standard InChI is InChI=1S/C16H21N3O2/c1-6-11(4)15-13-9-12(21-5)7-8-14(13)17-16(20)19(15)18-10(2)3/h7-9H,6H2,1-5H3,(H,17,20). The molecular formula is C16H21N3O2. The number of nitrogens with one attached hydrogen (secondary N) is 1. The Kier molecular flexibility index (Phi) is 4.31. The minimum Gasteiger partial charge on any atom is -0.497 e. The molecule has 1 aliphatic rings. The number of hydrazone groups is 1. The van der Waals surface area contributed by atoms with Gasteiger partial charge in [-0.2, -0.15) is 10.1 Å². The van der Waals surface area contributed by atoms with Gasteiger partial charge in [-0.25, -0.2) is 4.79 Å². The Morgan fingerprint density at radius 2 is 2.05 bits per heavy atom. The van der Waals surface area contributed by atoms with E-state index in [1.807, 2.05) is 39.0 Å². The van der Waals surface area contributed by atoms with E-state index >= 15 is 0 Å². The van der Waals surface area contributed by atoms with Crippen LogP contribution in [0.5, 0.6) is 5.75 Å². The van der Waals surface area contributed by atoms with Gasteiger partial charge in [0.2, 0.25) is 0 Å². The van der Waals surface area contributed by atoms with Crippen LogP contribution in [0.25, 0.3) is 5.70 Å². The lowest BCUT2D eigenvalue weighted by molar-refractivity contribution is 0.231. The maximum Gasteiger partial charge on any atom is 0.347 e. The second kappa shape index (κ2) is 5.99. The average molecular weight is 287 g/mol. The number of hydrogen-bond acceptors (Lipinski definition) is 3. The van der Waals surface area contributed by atoms with Crippen LogP contribution in [0.1, 0.15) is 39.7 Å². The maximum atomic E-state index is 12.3. The van der Waals surface area contributed by atoms with Crippen molar-refractivity contribution in [3.05, 3.63) is 29.3 Å². The first kappa shape index (κ1) is 15.1. The summed E-state index contributed by atoms with van der Waals surface area (Å²) in [6, 6.07) is 5.38. The Balaban J connectivity index is 2.68. The van der Waals surface area contributed by atoms with E-state index in [-0.39, 0.29) is 6.03 Å². The molecule has 0 saturated carbocycles. The molecular weight excluding hydrogens is 266 g/mol. The molecule has 0 saturated heterocycles. The molecule has 0 unspecified atom stereocenters. The molecule has 5 nitrogen and oxygen atoms in total. The molecule has 0 aliphatic carbocycles. The highest BCUT2D eigenvalue weighted by Crippen LogP contribution is 2.37. The summed E-state index contributed by atoms with van der Waals surface area (Å²) in [5, 5.41) is 8.67. The lowest BCUT2D eigenvalue weighted by atomic mass is 10.0. The summed E-state index contributed by atoms with van der Waals surface area (Å²) in [6.45, 7) is 7.82. The minimum atomic E-state index is -0.239. The van der Waals surface area contributed by atoms with Crippen molar-refractivity contribution in [3.8, 4) is 5.75 Å². The van der Waals surface area contributed by atoms with Crippen LogP contribution < -0.4 is 10.1 Å². The van der Waals surface area contributed by atoms with E-state index in [1.54, 1.807) is 7.11 Å². The molecule has 0 fully saturated rings. The third kappa shape index (κ3) is 2.91. The minimum absolute atomic E-state index is 0.239. The van der Waals surface area contributed by atoms with E-state index in [0.29, 0.717) is 0 Å². The van der Waals surface area contributed by atoms with Crippen molar-refractivity contribution < 1.29 is 9.53 Å². The first-order chi connectivity index (χ1) is 9.97. The van der Waals surface area contributed by atoms with Crippen LogP contribution in [0.15, 0.2) is 28.9 Å². The van der Waals surface area contributed by atoms with Crippen molar-refractivity contribution in [2.45, 2.75) is 34.1 Å². The number of nitrogens with zero attached hydrogens (tertiary/aromatic N) is 2. The molecule has 1 heterocycles. The molecule has 0 atom stereocenters. The molecule has 0 bridgehead atoms. The van der Waals surface area contributed by atoms with Crippen LogP contribution in [0.4, 0.5) is 10.5 Å². The number of rotatable bonds is 3. The van der Waals surface area contributed by atoms with Crippen molar-refractivity contribution in [1.82, 2.24) is 5.01 Å². The number of fused-ring (bicyclic) bond motifs is 1. The molecule has 2 amide bonds. The van der Waals surface area contributed by atoms with Crippen LogP contribution in [-0.4, -0.2) is 23.9 Å². The first-order valence-electron chi connectivity index (χ1n) is 6.99. The van der Waals surface area contributed by atoms with E-state index in [1.165, 1.54) is 5.01 Å². The molecule has 1 aromatic carbocycles. The fourth-order valence-corrected chi connectivity index (χ4v) is 2.21. The van der Waals surface area contributed by atoms with Gasteiger partial charge in [-0.3, -0.25) is 0 Å². The number of anilines is 1. The fraction of sp³-hybridized carbons (Fsp3) is 0.375. The van der Waals surface area contributed by atoms with E-state index in [0.717, 1.165) is 40.4 Å². The number of urea groups is 1. The summed E-state index contributed by atoms with van der Waals surface area (Å²) in [4.78, 5) is 12.3. The van der Waals surface area contributed by atoms with Gasteiger partial charge < -0.3 is 10.1 Å². The van der Waals surface area contributed by atoms with E-state index < -0.39 is 0 Å². The Bertz CT molecular complexity index is 628. The summed E-state index contributed by atoms with van der Waals surface area (Å²) in [5.74, 6) is 0.753. The zero-order chi connectivity index (χ0) is 15.6. The summed E-state index contributed by atoms with van der Waals surface area (Å²) >= 11 is 0. The van der Waals surface area contributed by atoms with Gasteiger partial charge in [0.1, 0.15) is 5.75 Å². The van der Waals surface area contributed by atoms with Crippen LogP contribution in [0.3, 0.4) is 0 Å². The van der Waals surface area contributed by atoms with Crippen LogP contribution >= 0.6 is 0 Å². The molecule has 2 rings (SSSR count). The average Bonchev–Trinajstić information content (AvgIpc) is 2.46. The van der Waals surface area contributed by atoms with Crippen molar-refractivity contribution >= 4 is 23.1 Å². The Hall–Kier alpha value is -2.30. The SMILES string of the molecule is CCC(C)=C1c2cc(OC)ccc2NC(=O)N1N=C(C)C. The predicted molar refractivity (Wildman–Crippen MR) is 85.5 cm³/mol. The number of methoxy groups -OCH3 is 1. The molecule has 0 radical (unpaired) electrons. The van der Waals surface area contributed by atoms with Gasteiger partial charge in [0.05, 0.1) is 18.5 Å².